The Morgan fingerprint density at radius 3 is 2.65 bits per heavy atom. The third-order valence-electron chi connectivity index (χ3n) is 5.99. The molecule has 7 nitrogen and oxygen atoms in total. The summed E-state index contributed by atoms with van der Waals surface area (Å²) >= 11 is 0. The SMILES string of the molecule is C[C@H]1CCc2c(ccc(-c3cnn(C4CC4)c3)c2Oc2ccc(C#N)cc2)N1C(=O)O. The van der Waals surface area contributed by atoms with E-state index in [9.17, 15) is 9.90 Å². The summed E-state index contributed by atoms with van der Waals surface area (Å²) < 4.78 is 8.34. The average Bonchev–Trinajstić information content (AvgIpc) is 3.51. The summed E-state index contributed by atoms with van der Waals surface area (Å²) in [6, 6.07) is 13.2. The fourth-order valence-corrected chi connectivity index (χ4v) is 4.17. The van der Waals surface area contributed by atoms with Gasteiger partial charge in [-0.2, -0.15) is 10.4 Å². The van der Waals surface area contributed by atoms with Gasteiger partial charge in [-0.1, -0.05) is 0 Å². The highest BCUT2D eigenvalue weighted by Crippen LogP contribution is 2.45. The van der Waals surface area contributed by atoms with Crippen molar-refractivity contribution < 1.29 is 14.6 Å². The Morgan fingerprint density at radius 1 is 1.19 bits per heavy atom. The topological polar surface area (TPSA) is 91.4 Å². The van der Waals surface area contributed by atoms with Crippen LogP contribution in [0.3, 0.4) is 0 Å². The second-order valence-electron chi connectivity index (χ2n) is 8.16. The zero-order chi connectivity index (χ0) is 21.5. The Balaban J connectivity index is 1.63. The van der Waals surface area contributed by atoms with Gasteiger partial charge in [-0.15, -0.1) is 0 Å². The molecule has 0 saturated heterocycles. The molecule has 2 aliphatic rings. The van der Waals surface area contributed by atoms with Gasteiger partial charge in [0.25, 0.3) is 0 Å². The van der Waals surface area contributed by atoms with Gasteiger partial charge in [0.1, 0.15) is 11.5 Å². The molecule has 31 heavy (non-hydrogen) atoms. The lowest BCUT2D eigenvalue weighted by Gasteiger charge is -2.34. The summed E-state index contributed by atoms with van der Waals surface area (Å²) in [7, 11) is 0. The van der Waals surface area contributed by atoms with Crippen LogP contribution in [-0.4, -0.2) is 27.0 Å². The molecule has 2 heterocycles. The Morgan fingerprint density at radius 2 is 1.97 bits per heavy atom. The van der Waals surface area contributed by atoms with Crippen LogP contribution in [0.15, 0.2) is 48.8 Å². The Hall–Kier alpha value is -3.79. The zero-order valence-electron chi connectivity index (χ0n) is 17.2. The lowest BCUT2D eigenvalue weighted by Crippen LogP contribution is -2.41. The number of nitrogens with zero attached hydrogens (tertiary/aromatic N) is 4. The molecule has 0 radical (unpaired) electrons. The van der Waals surface area contributed by atoms with Gasteiger partial charge in [-0.3, -0.25) is 9.58 Å². The van der Waals surface area contributed by atoms with E-state index in [1.807, 2.05) is 36.1 Å². The number of anilines is 1. The van der Waals surface area contributed by atoms with E-state index >= 15 is 0 Å². The van der Waals surface area contributed by atoms with Crippen LogP contribution >= 0.6 is 0 Å². The molecule has 1 fully saturated rings. The molecular weight excluding hydrogens is 392 g/mol. The Kier molecular flexibility index (Phi) is 4.63. The third-order valence-corrected chi connectivity index (χ3v) is 5.99. The van der Waals surface area contributed by atoms with Crippen LogP contribution in [0.25, 0.3) is 11.1 Å². The second kappa shape index (κ2) is 7.47. The van der Waals surface area contributed by atoms with Crippen molar-refractivity contribution in [3.63, 3.8) is 0 Å². The van der Waals surface area contributed by atoms with E-state index in [4.69, 9.17) is 10.00 Å². The first-order valence-electron chi connectivity index (χ1n) is 10.5. The average molecular weight is 414 g/mol. The van der Waals surface area contributed by atoms with Gasteiger partial charge in [0.15, 0.2) is 0 Å². The molecule has 5 rings (SSSR count). The lowest BCUT2D eigenvalue weighted by molar-refractivity contribution is 0.198. The first kappa shape index (κ1) is 19.2. The van der Waals surface area contributed by atoms with Crippen molar-refractivity contribution in [3.8, 4) is 28.7 Å². The highest BCUT2D eigenvalue weighted by Gasteiger charge is 2.32. The number of amides is 1. The maximum absolute atomic E-state index is 11.9. The maximum Gasteiger partial charge on any atom is 0.412 e. The predicted molar refractivity (Wildman–Crippen MR) is 115 cm³/mol. The molecule has 1 amide bonds. The van der Waals surface area contributed by atoms with Crippen molar-refractivity contribution >= 4 is 11.8 Å². The highest BCUT2D eigenvalue weighted by atomic mass is 16.5. The highest BCUT2D eigenvalue weighted by molar-refractivity contribution is 5.91. The van der Waals surface area contributed by atoms with E-state index < -0.39 is 6.09 Å². The molecule has 1 N–H and O–H groups in total. The molecule has 3 aromatic rings. The largest absolute Gasteiger partial charge is 0.465 e. The number of hydrogen-bond donors (Lipinski definition) is 1. The number of hydrogen-bond acceptors (Lipinski definition) is 4. The van der Waals surface area contributed by atoms with E-state index in [2.05, 4.69) is 11.2 Å². The van der Waals surface area contributed by atoms with Crippen LogP contribution in [0.2, 0.25) is 0 Å². The molecule has 1 saturated carbocycles. The van der Waals surface area contributed by atoms with E-state index in [1.54, 1.807) is 24.3 Å². The maximum atomic E-state index is 11.9. The molecule has 2 aromatic carbocycles. The summed E-state index contributed by atoms with van der Waals surface area (Å²) in [5.74, 6) is 1.25. The summed E-state index contributed by atoms with van der Waals surface area (Å²) in [6.07, 6.45) is 6.63. The fourth-order valence-electron chi connectivity index (χ4n) is 4.17. The number of carbonyl (C=O) groups is 1. The van der Waals surface area contributed by atoms with E-state index in [1.165, 1.54) is 4.90 Å². The van der Waals surface area contributed by atoms with E-state index in [0.29, 0.717) is 35.2 Å². The quantitative estimate of drug-likeness (QED) is 0.620. The monoisotopic (exact) mass is 414 g/mol. The minimum atomic E-state index is -0.966. The van der Waals surface area contributed by atoms with Crippen LogP contribution in [0.5, 0.6) is 11.5 Å². The third kappa shape index (κ3) is 3.50. The number of carboxylic acid groups (broad SMARTS) is 1. The normalized spacial score (nSPS) is 17.7. The molecule has 156 valence electrons. The number of aromatic nitrogens is 2. The Labute approximate surface area is 180 Å². The van der Waals surface area contributed by atoms with Gasteiger partial charge in [0.05, 0.1) is 29.6 Å². The first-order valence-corrected chi connectivity index (χ1v) is 10.5. The molecule has 7 heteroatoms. The van der Waals surface area contributed by atoms with Gasteiger partial charge in [-0.25, -0.2) is 4.79 Å². The standard InChI is InChI=1S/C24H22N4O3/c1-15-2-9-21-22(28(15)24(29)30)11-10-20(17-13-26-27(14-17)18-5-6-18)23(21)31-19-7-3-16(12-25)4-8-19/h3-4,7-8,10-11,13-15,18H,2,5-6,9H2,1H3,(H,29,30)/t15-/m0/s1. The molecular formula is C24H22N4O3. The smallest absolute Gasteiger partial charge is 0.412 e. The second-order valence-corrected chi connectivity index (χ2v) is 8.16. The van der Waals surface area contributed by atoms with E-state index in [-0.39, 0.29) is 6.04 Å². The minimum Gasteiger partial charge on any atom is -0.465 e. The van der Waals surface area contributed by atoms with Gasteiger partial charge in [0, 0.05) is 28.9 Å². The van der Waals surface area contributed by atoms with Gasteiger partial charge in [0.2, 0.25) is 0 Å². The first-order chi connectivity index (χ1) is 15.0. The van der Waals surface area contributed by atoms with Crippen molar-refractivity contribution in [1.82, 2.24) is 9.78 Å². The van der Waals surface area contributed by atoms with Crippen LogP contribution in [0.1, 0.15) is 43.4 Å². The van der Waals surface area contributed by atoms with Crippen LogP contribution < -0.4 is 9.64 Å². The van der Waals surface area contributed by atoms with Crippen molar-refractivity contribution in [2.45, 2.75) is 44.7 Å². The molecule has 1 aromatic heterocycles. The molecule has 1 atom stereocenters. The molecule has 0 bridgehead atoms. The zero-order valence-corrected chi connectivity index (χ0v) is 17.2. The fraction of sp³-hybridized carbons (Fsp3) is 0.292. The molecule has 1 aliphatic carbocycles. The van der Waals surface area contributed by atoms with Gasteiger partial charge < -0.3 is 9.84 Å². The van der Waals surface area contributed by atoms with Crippen molar-refractivity contribution in [2.24, 2.45) is 0 Å². The predicted octanol–water partition coefficient (Wildman–Crippen LogP) is 5.37. The van der Waals surface area contributed by atoms with Gasteiger partial charge >= 0.3 is 6.09 Å². The van der Waals surface area contributed by atoms with E-state index in [0.717, 1.165) is 36.0 Å². The van der Waals surface area contributed by atoms with Crippen molar-refractivity contribution in [2.75, 3.05) is 4.90 Å². The van der Waals surface area contributed by atoms with Crippen LogP contribution in [0, 0.1) is 11.3 Å². The number of benzene rings is 2. The molecule has 0 spiro atoms. The van der Waals surface area contributed by atoms with Crippen LogP contribution in [-0.2, 0) is 6.42 Å². The summed E-state index contributed by atoms with van der Waals surface area (Å²) in [5.41, 5.74) is 3.92. The summed E-state index contributed by atoms with van der Waals surface area (Å²) in [5, 5.41) is 23.4. The van der Waals surface area contributed by atoms with Crippen LogP contribution in [0.4, 0.5) is 10.5 Å². The molecule has 0 unspecified atom stereocenters. The Bertz CT molecular complexity index is 1190. The summed E-state index contributed by atoms with van der Waals surface area (Å²) in [6.45, 7) is 1.92. The number of ether oxygens (including phenoxy) is 1. The number of rotatable bonds is 4. The van der Waals surface area contributed by atoms with Gasteiger partial charge in [-0.05, 0) is 69.0 Å². The lowest BCUT2D eigenvalue weighted by atomic mass is 9.92. The molecule has 1 aliphatic heterocycles. The minimum absolute atomic E-state index is 0.101. The van der Waals surface area contributed by atoms with Crippen molar-refractivity contribution in [3.05, 3.63) is 59.9 Å². The number of fused-ring (bicyclic) bond motifs is 1. The number of nitriles is 1. The summed E-state index contributed by atoms with van der Waals surface area (Å²) in [4.78, 5) is 13.4. The van der Waals surface area contributed by atoms with Crippen molar-refractivity contribution in [1.29, 1.82) is 5.26 Å².